The van der Waals surface area contributed by atoms with Gasteiger partial charge < -0.3 is 15.6 Å². The molecule has 1 rings (SSSR count). The molecule has 0 aliphatic carbocycles. The second-order valence-corrected chi connectivity index (χ2v) is 1.69. The fourth-order valence-corrected chi connectivity index (χ4v) is 0.550. The Morgan fingerprint density at radius 1 is 1.90 bits per heavy atom. The van der Waals surface area contributed by atoms with Gasteiger partial charge in [-0.3, -0.25) is 4.79 Å². The maximum absolute atomic E-state index is 10.8. The molecule has 0 spiro atoms. The van der Waals surface area contributed by atoms with Crippen molar-refractivity contribution in [2.75, 3.05) is 12.8 Å². The highest BCUT2D eigenvalue weighted by Gasteiger charge is 2.10. The van der Waals surface area contributed by atoms with Gasteiger partial charge in [-0.25, -0.2) is 0 Å². The van der Waals surface area contributed by atoms with Crippen LogP contribution in [0, 0.1) is 0 Å². The van der Waals surface area contributed by atoms with Gasteiger partial charge in [0, 0.05) is 7.05 Å². The molecule has 0 aromatic carbocycles. The second-order valence-electron chi connectivity index (χ2n) is 1.69. The highest BCUT2D eigenvalue weighted by Crippen LogP contribution is 2.06. The standard InChI is InChI=1S/C5H7N3O2/c1-7-5(9)3-2-10-8-4(3)6/h2H,1H3,(H2,6,8)(H,7,9). The molecule has 0 radical (unpaired) electrons. The van der Waals surface area contributed by atoms with Crippen LogP contribution in [0.25, 0.3) is 0 Å². The zero-order valence-corrected chi connectivity index (χ0v) is 5.42. The molecule has 0 aliphatic rings. The van der Waals surface area contributed by atoms with Gasteiger partial charge in [0.25, 0.3) is 5.91 Å². The van der Waals surface area contributed by atoms with E-state index in [1.165, 1.54) is 13.3 Å². The molecule has 10 heavy (non-hydrogen) atoms. The first-order valence-electron chi connectivity index (χ1n) is 2.67. The Labute approximate surface area is 57.2 Å². The van der Waals surface area contributed by atoms with Gasteiger partial charge in [-0.15, -0.1) is 0 Å². The minimum atomic E-state index is -0.293. The van der Waals surface area contributed by atoms with Gasteiger partial charge in [-0.05, 0) is 0 Å². The molecule has 3 N–H and O–H groups in total. The molecule has 0 fully saturated rings. The van der Waals surface area contributed by atoms with Gasteiger partial charge in [0.2, 0.25) is 0 Å². The minimum absolute atomic E-state index is 0.111. The molecule has 0 saturated heterocycles. The molecule has 0 aliphatic heterocycles. The van der Waals surface area contributed by atoms with Crippen LogP contribution in [-0.2, 0) is 0 Å². The normalized spacial score (nSPS) is 9.30. The van der Waals surface area contributed by atoms with E-state index in [2.05, 4.69) is 15.0 Å². The highest BCUT2D eigenvalue weighted by atomic mass is 16.5. The first-order valence-corrected chi connectivity index (χ1v) is 2.67. The predicted molar refractivity (Wildman–Crippen MR) is 34.3 cm³/mol. The van der Waals surface area contributed by atoms with Crippen LogP contribution in [0.15, 0.2) is 10.8 Å². The van der Waals surface area contributed by atoms with Crippen molar-refractivity contribution in [2.45, 2.75) is 0 Å². The van der Waals surface area contributed by atoms with E-state index < -0.39 is 0 Å². The van der Waals surface area contributed by atoms with Crippen LogP contribution in [0.5, 0.6) is 0 Å². The van der Waals surface area contributed by atoms with Crippen molar-refractivity contribution in [3.05, 3.63) is 11.8 Å². The highest BCUT2D eigenvalue weighted by molar-refractivity contribution is 5.97. The summed E-state index contributed by atoms with van der Waals surface area (Å²) in [4.78, 5) is 10.8. The molecule has 5 heteroatoms. The summed E-state index contributed by atoms with van der Waals surface area (Å²) < 4.78 is 4.43. The summed E-state index contributed by atoms with van der Waals surface area (Å²) in [6, 6.07) is 0. The van der Waals surface area contributed by atoms with Crippen LogP contribution in [0.2, 0.25) is 0 Å². The quantitative estimate of drug-likeness (QED) is 0.558. The lowest BCUT2D eigenvalue weighted by Gasteiger charge is -1.92. The number of carbonyl (C=O) groups is 1. The maximum atomic E-state index is 10.8. The third kappa shape index (κ3) is 0.928. The average Bonchev–Trinajstić information content (AvgIpc) is 2.34. The number of nitrogen functional groups attached to an aromatic ring is 1. The molecule has 0 unspecified atom stereocenters. The first-order chi connectivity index (χ1) is 4.75. The zero-order valence-electron chi connectivity index (χ0n) is 5.42. The molecular weight excluding hydrogens is 134 g/mol. The number of hydrogen-bond donors (Lipinski definition) is 2. The fraction of sp³-hybridized carbons (Fsp3) is 0.200. The Morgan fingerprint density at radius 2 is 2.60 bits per heavy atom. The lowest BCUT2D eigenvalue weighted by atomic mass is 10.3. The van der Waals surface area contributed by atoms with E-state index >= 15 is 0 Å². The summed E-state index contributed by atoms with van der Waals surface area (Å²) in [5, 5.41) is 5.72. The van der Waals surface area contributed by atoms with Gasteiger partial charge in [0.1, 0.15) is 11.8 Å². The summed E-state index contributed by atoms with van der Waals surface area (Å²) in [7, 11) is 1.51. The second kappa shape index (κ2) is 2.38. The number of rotatable bonds is 1. The monoisotopic (exact) mass is 141 g/mol. The summed E-state index contributed by atoms with van der Waals surface area (Å²) >= 11 is 0. The predicted octanol–water partition coefficient (Wildman–Crippen LogP) is -0.384. The van der Waals surface area contributed by atoms with E-state index in [1.807, 2.05) is 0 Å². The number of carbonyl (C=O) groups excluding carboxylic acids is 1. The third-order valence-corrected chi connectivity index (χ3v) is 1.07. The maximum Gasteiger partial charge on any atom is 0.258 e. The molecule has 5 nitrogen and oxygen atoms in total. The van der Waals surface area contributed by atoms with E-state index in [0.717, 1.165) is 0 Å². The van der Waals surface area contributed by atoms with Crippen molar-refractivity contribution >= 4 is 11.7 Å². The van der Waals surface area contributed by atoms with E-state index in [-0.39, 0.29) is 17.3 Å². The van der Waals surface area contributed by atoms with E-state index in [1.54, 1.807) is 0 Å². The summed E-state index contributed by atoms with van der Waals surface area (Å²) in [6.45, 7) is 0. The van der Waals surface area contributed by atoms with Crippen molar-refractivity contribution in [1.82, 2.24) is 10.5 Å². The fourth-order valence-electron chi connectivity index (χ4n) is 0.550. The lowest BCUT2D eigenvalue weighted by Crippen LogP contribution is -2.18. The first kappa shape index (κ1) is 6.60. The molecule has 54 valence electrons. The van der Waals surface area contributed by atoms with Crippen LogP contribution in [0.3, 0.4) is 0 Å². The van der Waals surface area contributed by atoms with Crippen LogP contribution in [0.1, 0.15) is 10.4 Å². The van der Waals surface area contributed by atoms with Crippen LogP contribution >= 0.6 is 0 Å². The number of nitrogens with two attached hydrogens (primary N) is 1. The average molecular weight is 141 g/mol. The van der Waals surface area contributed by atoms with Crippen molar-refractivity contribution in [1.29, 1.82) is 0 Å². The van der Waals surface area contributed by atoms with E-state index in [0.29, 0.717) is 0 Å². The largest absolute Gasteiger partial charge is 0.380 e. The van der Waals surface area contributed by atoms with Gasteiger partial charge in [-0.2, -0.15) is 0 Å². The van der Waals surface area contributed by atoms with Gasteiger partial charge in [-0.1, -0.05) is 5.16 Å². The van der Waals surface area contributed by atoms with Crippen molar-refractivity contribution < 1.29 is 9.32 Å². The molecule has 1 aromatic rings. The zero-order chi connectivity index (χ0) is 7.56. The third-order valence-electron chi connectivity index (χ3n) is 1.07. The van der Waals surface area contributed by atoms with Crippen molar-refractivity contribution in [3.63, 3.8) is 0 Å². The Balaban J connectivity index is 2.93. The molecule has 0 atom stereocenters. The van der Waals surface area contributed by atoms with E-state index in [9.17, 15) is 4.79 Å². The smallest absolute Gasteiger partial charge is 0.258 e. The number of hydrogen-bond acceptors (Lipinski definition) is 4. The van der Waals surface area contributed by atoms with Crippen LogP contribution < -0.4 is 11.1 Å². The molecule has 1 amide bonds. The topological polar surface area (TPSA) is 81.2 Å². The number of amides is 1. The number of anilines is 1. The van der Waals surface area contributed by atoms with Crippen LogP contribution in [0.4, 0.5) is 5.82 Å². The lowest BCUT2D eigenvalue weighted by molar-refractivity contribution is 0.0963. The SMILES string of the molecule is CNC(=O)c1conc1N. The molecular formula is C5H7N3O2. The Kier molecular flexibility index (Phi) is 1.57. The summed E-state index contributed by atoms with van der Waals surface area (Å²) in [5.41, 5.74) is 5.52. The molecule has 0 bridgehead atoms. The minimum Gasteiger partial charge on any atom is -0.380 e. The number of aromatic nitrogens is 1. The van der Waals surface area contributed by atoms with E-state index in [4.69, 9.17) is 5.73 Å². The number of nitrogens with zero attached hydrogens (tertiary/aromatic N) is 1. The Morgan fingerprint density at radius 3 is 3.00 bits per heavy atom. The molecule has 1 aromatic heterocycles. The van der Waals surface area contributed by atoms with Gasteiger partial charge >= 0.3 is 0 Å². The Hall–Kier alpha value is -1.52. The Bertz CT molecular complexity index is 243. The van der Waals surface area contributed by atoms with Gasteiger partial charge in [0.15, 0.2) is 5.82 Å². The van der Waals surface area contributed by atoms with Crippen LogP contribution in [-0.4, -0.2) is 18.1 Å². The van der Waals surface area contributed by atoms with Crippen molar-refractivity contribution in [2.24, 2.45) is 0 Å². The van der Waals surface area contributed by atoms with Crippen molar-refractivity contribution in [3.8, 4) is 0 Å². The van der Waals surface area contributed by atoms with Gasteiger partial charge in [0.05, 0.1) is 0 Å². The summed E-state index contributed by atoms with van der Waals surface area (Å²) in [5.74, 6) is -0.182. The molecule has 1 heterocycles. The number of nitrogens with one attached hydrogen (secondary N) is 1. The summed E-state index contributed by atoms with van der Waals surface area (Å²) in [6.07, 6.45) is 1.20. The molecule has 0 saturated carbocycles.